The molecule has 0 spiro atoms. The zero-order valence-electron chi connectivity index (χ0n) is 14.6. The standard InChI is InChI=1S/C18H25ClN2O3/c1-11(2)10-20-17(22)14-9-15(18(23)24-4)21(3)16(14)12-6-5-7-13(19)8-12/h5-8,11,14-16H,9-10H2,1-4H3,(H,20,22)/t14-,15-,16-/m0/s1. The van der Waals surface area contributed by atoms with Crippen LogP contribution in [-0.2, 0) is 14.3 Å². The van der Waals surface area contributed by atoms with Crippen LogP contribution in [0.25, 0.3) is 0 Å². The number of likely N-dealkylation sites (tertiary alicyclic amines) is 1. The van der Waals surface area contributed by atoms with E-state index in [-0.39, 0.29) is 23.8 Å². The molecule has 0 radical (unpaired) electrons. The van der Waals surface area contributed by atoms with Gasteiger partial charge in [0.05, 0.1) is 13.0 Å². The summed E-state index contributed by atoms with van der Waals surface area (Å²) in [6.45, 7) is 4.71. The van der Waals surface area contributed by atoms with E-state index < -0.39 is 6.04 Å². The summed E-state index contributed by atoms with van der Waals surface area (Å²) in [4.78, 5) is 26.7. The maximum absolute atomic E-state index is 12.7. The number of nitrogens with zero attached hydrogens (tertiary/aromatic N) is 1. The van der Waals surface area contributed by atoms with Crippen molar-refractivity contribution < 1.29 is 14.3 Å². The Bertz CT molecular complexity index is 606. The molecule has 1 aliphatic rings. The van der Waals surface area contributed by atoms with Crippen LogP contribution in [0.15, 0.2) is 24.3 Å². The summed E-state index contributed by atoms with van der Waals surface area (Å²) in [6.07, 6.45) is 0.435. The molecular weight excluding hydrogens is 328 g/mol. The maximum Gasteiger partial charge on any atom is 0.323 e. The molecule has 0 saturated carbocycles. The van der Waals surface area contributed by atoms with Gasteiger partial charge >= 0.3 is 5.97 Å². The quantitative estimate of drug-likeness (QED) is 0.828. The highest BCUT2D eigenvalue weighted by Crippen LogP contribution is 2.41. The summed E-state index contributed by atoms with van der Waals surface area (Å²) in [5.74, 6) is -0.305. The monoisotopic (exact) mass is 352 g/mol. The first-order valence-corrected chi connectivity index (χ1v) is 8.55. The Morgan fingerprint density at radius 3 is 2.71 bits per heavy atom. The Hall–Kier alpha value is -1.59. The lowest BCUT2D eigenvalue weighted by atomic mass is 9.92. The second-order valence-electron chi connectivity index (χ2n) is 6.69. The molecule has 1 saturated heterocycles. The van der Waals surface area contributed by atoms with E-state index in [0.29, 0.717) is 23.9 Å². The number of rotatable bonds is 5. The number of methoxy groups -OCH3 is 1. The fraction of sp³-hybridized carbons (Fsp3) is 0.556. The molecule has 0 aliphatic carbocycles. The third kappa shape index (κ3) is 4.08. The van der Waals surface area contributed by atoms with E-state index in [1.54, 1.807) is 6.07 Å². The van der Waals surface area contributed by atoms with E-state index in [4.69, 9.17) is 16.3 Å². The van der Waals surface area contributed by atoms with Gasteiger partial charge in [0, 0.05) is 17.6 Å². The van der Waals surface area contributed by atoms with Gasteiger partial charge in [0.25, 0.3) is 0 Å². The van der Waals surface area contributed by atoms with Crippen LogP contribution in [0.3, 0.4) is 0 Å². The summed E-state index contributed by atoms with van der Waals surface area (Å²) in [5.41, 5.74) is 0.932. The van der Waals surface area contributed by atoms with Crippen LogP contribution < -0.4 is 5.32 Å². The maximum atomic E-state index is 12.7. The summed E-state index contributed by atoms with van der Waals surface area (Å²) >= 11 is 6.12. The number of ether oxygens (including phenoxy) is 1. The number of amides is 1. The SMILES string of the molecule is COC(=O)[C@@H]1C[C@H](C(=O)NCC(C)C)[C@H](c2cccc(Cl)c2)N1C. The van der Waals surface area contributed by atoms with Crippen LogP contribution in [0.1, 0.15) is 31.9 Å². The molecule has 1 fully saturated rings. The van der Waals surface area contributed by atoms with Gasteiger partial charge in [-0.05, 0) is 37.1 Å². The molecule has 132 valence electrons. The largest absolute Gasteiger partial charge is 0.468 e. The Labute approximate surface area is 148 Å². The second-order valence-corrected chi connectivity index (χ2v) is 7.12. The number of halogens is 1. The summed E-state index contributed by atoms with van der Waals surface area (Å²) in [7, 11) is 3.22. The van der Waals surface area contributed by atoms with Gasteiger partial charge in [0.1, 0.15) is 6.04 Å². The molecule has 1 amide bonds. The summed E-state index contributed by atoms with van der Waals surface area (Å²) < 4.78 is 4.90. The first-order chi connectivity index (χ1) is 11.3. The lowest BCUT2D eigenvalue weighted by Crippen LogP contribution is -2.37. The second kappa shape index (κ2) is 7.99. The van der Waals surface area contributed by atoms with Gasteiger partial charge in [-0.1, -0.05) is 37.6 Å². The number of hydrogen-bond acceptors (Lipinski definition) is 4. The van der Waals surface area contributed by atoms with Crippen LogP contribution in [0.5, 0.6) is 0 Å². The first-order valence-electron chi connectivity index (χ1n) is 8.18. The molecule has 1 heterocycles. The lowest BCUT2D eigenvalue weighted by molar-refractivity contribution is -0.145. The van der Waals surface area contributed by atoms with Gasteiger partial charge < -0.3 is 10.1 Å². The van der Waals surface area contributed by atoms with E-state index in [2.05, 4.69) is 5.32 Å². The van der Waals surface area contributed by atoms with E-state index in [0.717, 1.165) is 5.56 Å². The van der Waals surface area contributed by atoms with Crippen molar-refractivity contribution in [2.75, 3.05) is 20.7 Å². The number of esters is 1. The Balaban J connectivity index is 2.30. The molecule has 0 unspecified atom stereocenters. The molecule has 1 aliphatic heterocycles. The minimum Gasteiger partial charge on any atom is -0.468 e. The van der Waals surface area contributed by atoms with E-state index >= 15 is 0 Å². The first kappa shape index (κ1) is 18.7. The third-order valence-corrected chi connectivity index (χ3v) is 4.71. The lowest BCUT2D eigenvalue weighted by Gasteiger charge is -2.27. The van der Waals surface area contributed by atoms with Crippen molar-refractivity contribution in [1.82, 2.24) is 10.2 Å². The topological polar surface area (TPSA) is 58.6 Å². The Kier molecular flexibility index (Phi) is 6.24. The molecule has 3 atom stereocenters. The number of carbonyl (C=O) groups is 2. The number of likely N-dealkylation sites (N-methyl/N-ethyl adjacent to an activating group) is 1. The Morgan fingerprint density at radius 1 is 1.42 bits per heavy atom. The zero-order chi connectivity index (χ0) is 17.9. The summed E-state index contributed by atoms with van der Waals surface area (Å²) in [6, 6.07) is 6.81. The van der Waals surface area contributed by atoms with Crippen LogP contribution in [0.4, 0.5) is 0 Å². The van der Waals surface area contributed by atoms with Crippen molar-refractivity contribution in [3.8, 4) is 0 Å². The van der Waals surface area contributed by atoms with Crippen molar-refractivity contribution >= 4 is 23.5 Å². The highest BCUT2D eigenvalue weighted by molar-refractivity contribution is 6.30. The number of hydrogen-bond donors (Lipinski definition) is 1. The Morgan fingerprint density at radius 2 is 2.12 bits per heavy atom. The average Bonchev–Trinajstić information content (AvgIpc) is 2.89. The predicted molar refractivity (Wildman–Crippen MR) is 93.7 cm³/mol. The molecule has 0 aromatic heterocycles. The predicted octanol–water partition coefficient (Wildman–Crippen LogP) is 2.65. The van der Waals surface area contributed by atoms with Crippen LogP contribution >= 0.6 is 11.6 Å². The van der Waals surface area contributed by atoms with Crippen LogP contribution in [0, 0.1) is 11.8 Å². The van der Waals surface area contributed by atoms with Crippen LogP contribution in [-0.4, -0.2) is 43.5 Å². The fourth-order valence-corrected chi connectivity index (χ4v) is 3.45. The van der Waals surface area contributed by atoms with Gasteiger partial charge in [-0.25, -0.2) is 0 Å². The third-order valence-electron chi connectivity index (χ3n) is 4.47. The smallest absolute Gasteiger partial charge is 0.323 e. The van der Waals surface area contributed by atoms with E-state index in [9.17, 15) is 9.59 Å². The molecule has 0 bridgehead atoms. The zero-order valence-corrected chi connectivity index (χ0v) is 15.3. The highest BCUT2D eigenvalue weighted by atomic mass is 35.5. The van der Waals surface area contributed by atoms with Gasteiger partial charge in [0.2, 0.25) is 5.91 Å². The van der Waals surface area contributed by atoms with Crippen molar-refractivity contribution in [1.29, 1.82) is 0 Å². The van der Waals surface area contributed by atoms with Crippen LogP contribution in [0.2, 0.25) is 5.02 Å². The van der Waals surface area contributed by atoms with Gasteiger partial charge in [0.15, 0.2) is 0 Å². The molecule has 1 N–H and O–H groups in total. The molecule has 2 rings (SSSR count). The minimum absolute atomic E-state index is 0.0353. The molecule has 24 heavy (non-hydrogen) atoms. The molecular formula is C18H25ClN2O3. The van der Waals surface area contributed by atoms with E-state index in [1.807, 2.05) is 44.0 Å². The van der Waals surface area contributed by atoms with Gasteiger partial charge in [-0.15, -0.1) is 0 Å². The minimum atomic E-state index is -0.436. The molecule has 5 nitrogen and oxygen atoms in total. The normalized spacial score (nSPS) is 24.2. The number of benzene rings is 1. The van der Waals surface area contributed by atoms with Gasteiger partial charge in [-0.2, -0.15) is 0 Å². The van der Waals surface area contributed by atoms with E-state index in [1.165, 1.54) is 7.11 Å². The molecule has 1 aromatic carbocycles. The fourth-order valence-electron chi connectivity index (χ4n) is 3.26. The number of carbonyl (C=O) groups excluding carboxylic acids is 2. The van der Waals surface area contributed by atoms with Crippen molar-refractivity contribution in [3.63, 3.8) is 0 Å². The van der Waals surface area contributed by atoms with Crippen molar-refractivity contribution in [3.05, 3.63) is 34.9 Å². The number of nitrogens with one attached hydrogen (secondary N) is 1. The summed E-state index contributed by atoms with van der Waals surface area (Å²) in [5, 5.41) is 3.60. The van der Waals surface area contributed by atoms with Crippen molar-refractivity contribution in [2.24, 2.45) is 11.8 Å². The molecule has 6 heteroatoms. The van der Waals surface area contributed by atoms with Gasteiger partial charge in [-0.3, -0.25) is 14.5 Å². The average molecular weight is 353 g/mol. The van der Waals surface area contributed by atoms with Crippen molar-refractivity contribution in [2.45, 2.75) is 32.4 Å². The molecule has 1 aromatic rings. The highest BCUT2D eigenvalue weighted by Gasteiger charge is 2.46.